The van der Waals surface area contributed by atoms with Crippen LogP contribution in [0.2, 0.25) is 5.02 Å². The molecule has 4 aromatic rings. The van der Waals surface area contributed by atoms with Gasteiger partial charge in [0.25, 0.3) is 5.91 Å². The minimum atomic E-state index is -0.332. The molecule has 0 amide bonds. The van der Waals surface area contributed by atoms with E-state index in [1.807, 2.05) is 49.4 Å². The van der Waals surface area contributed by atoms with Gasteiger partial charge in [-0.25, -0.2) is 0 Å². The van der Waals surface area contributed by atoms with Crippen LogP contribution in [-0.4, -0.2) is 23.6 Å². The molecule has 5 nitrogen and oxygen atoms in total. The number of aromatic nitrogens is 1. The first-order chi connectivity index (χ1) is 15.4. The molecule has 0 radical (unpaired) electrons. The molecule has 0 spiro atoms. The zero-order valence-corrected chi connectivity index (χ0v) is 18.8. The highest BCUT2D eigenvalue weighted by atomic mass is 35.5. The van der Waals surface area contributed by atoms with Crippen LogP contribution in [0.15, 0.2) is 66.7 Å². The predicted molar refractivity (Wildman–Crippen MR) is 125 cm³/mol. The summed E-state index contributed by atoms with van der Waals surface area (Å²) < 4.78 is 12.3. The molecule has 4 rings (SSSR count). The van der Waals surface area contributed by atoms with Crippen LogP contribution < -0.4 is 4.74 Å². The van der Waals surface area contributed by atoms with Gasteiger partial charge >= 0.3 is 5.97 Å². The largest absolute Gasteiger partial charge is 0.497 e. The van der Waals surface area contributed by atoms with Gasteiger partial charge in [-0.1, -0.05) is 29.8 Å². The van der Waals surface area contributed by atoms with Gasteiger partial charge < -0.3 is 9.47 Å². The van der Waals surface area contributed by atoms with Crippen LogP contribution >= 0.6 is 11.6 Å². The summed E-state index contributed by atoms with van der Waals surface area (Å²) in [5.74, 6) is 0.226. The number of nitrogens with zero attached hydrogens (tertiary/aromatic N) is 1. The number of fused-ring (bicyclic) bond motifs is 1. The molecular weight excluding hydrogens is 426 g/mol. The van der Waals surface area contributed by atoms with Crippen molar-refractivity contribution in [1.29, 1.82) is 0 Å². The second-order valence-corrected chi connectivity index (χ2v) is 7.91. The van der Waals surface area contributed by atoms with Gasteiger partial charge in [0.2, 0.25) is 0 Å². The molecule has 0 atom stereocenters. The third-order valence-corrected chi connectivity index (χ3v) is 5.62. The fraction of sp³-hybridized carbons (Fsp3) is 0.154. The number of halogens is 1. The molecule has 1 aromatic heterocycles. The Bertz CT molecular complexity index is 1320. The van der Waals surface area contributed by atoms with Gasteiger partial charge in [-0.3, -0.25) is 14.2 Å². The van der Waals surface area contributed by atoms with Crippen molar-refractivity contribution in [2.24, 2.45) is 0 Å². The third kappa shape index (κ3) is 4.12. The summed E-state index contributed by atoms with van der Waals surface area (Å²) in [7, 11) is 1.61. The molecule has 6 heteroatoms. The molecule has 0 saturated heterocycles. The van der Waals surface area contributed by atoms with E-state index in [-0.39, 0.29) is 18.5 Å². The summed E-state index contributed by atoms with van der Waals surface area (Å²) in [5.41, 5.74) is 4.84. The van der Waals surface area contributed by atoms with Gasteiger partial charge in [0.05, 0.1) is 12.6 Å². The molecule has 0 fully saturated rings. The minimum absolute atomic E-state index is 0.142. The molecule has 0 bridgehead atoms. The Morgan fingerprint density at radius 1 is 1.00 bits per heavy atom. The Morgan fingerprint density at radius 2 is 1.75 bits per heavy atom. The van der Waals surface area contributed by atoms with E-state index in [0.29, 0.717) is 16.3 Å². The lowest BCUT2D eigenvalue weighted by atomic mass is 10.00. The molecule has 0 aliphatic carbocycles. The lowest BCUT2D eigenvalue weighted by molar-refractivity contribution is -0.142. The van der Waals surface area contributed by atoms with Crippen molar-refractivity contribution in [3.05, 3.63) is 88.6 Å². The van der Waals surface area contributed by atoms with Crippen LogP contribution in [0.1, 0.15) is 28.5 Å². The first-order valence-corrected chi connectivity index (χ1v) is 10.5. The van der Waals surface area contributed by atoms with E-state index in [0.717, 1.165) is 33.3 Å². The van der Waals surface area contributed by atoms with Crippen molar-refractivity contribution in [2.75, 3.05) is 7.11 Å². The maximum atomic E-state index is 13.5. The highest BCUT2D eigenvalue weighted by Gasteiger charge is 2.21. The Balaban J connectivity index is 1.90. The summed E-state index contributed by atoms with van der Waals surface area (Å²) in [4.78, 5) is 24.7. The molecule has 32 heavy (non-hydrogen) atoms. The van der Waals surface area contributed by atoms with Gasteiger partial charge in [-0.05, 0) is 66.6 Å². The van der Waals surface area contributed by atoms with Gasteiger partial charge in [0.1, 0.15) is 12.4 Å². The third-order valence-electron chi connectivity index (χ3n) is 5.36. The molecular formula is C26H22ClNO4. The average molecular weight is 448 g/mol. The normalized spacial score (nSPS) is 10.9. The molecule has 1 heterocycles. The van der Waals surface area contributed by atoms with Crippen LogP contribution in [0.4, 0.5) is 0 Å². The monoisotopic (exact) mass is 447 g/mol. The summed E-state index contributed by atoms with van der Waals surface area (Å²) in [6, 6.07) is 20.3. The SMILES string of the molecule is COc1ccc2c(c1)c(-c1cccc(COC(C)=O)c1)c(C)n2C(=O)c1ccc(Cl)cc1. The molecule has 0 aliphatic rings. The fourth-order valence-corrected chi connectivity index (χ4v) is 4.00. The second kappa shape index (κ2) is 8.89. The van der Waals surface area contributed by atoms with E-state index in [9.17, 15) is 9.59 Å². The number of rotatable bonds is 5. The summed E-state index contributed by atoms with van der Waals surface area (Å²) in [6.07, 6.45) is 0. The number of carbonyl (C=O) groups is 2. The van der Waals surface area contributed by atoms with E-state index in [1.165, 1.54) is 6.92 Å². The number of esters is 1. The molecule has 0 N–H and O–H groups in total. The molecule has 162 valence electrons. The number of methoxy groups -OCH3 is 1. The van der Waals surface area contributed by atoms with Crippen molar-refractivity contribution in [2.45, 2.75) is 20.5 Å². The van der Waals surface area contributed by atoms with Crippen LogP contribution in [0.3, 0.4) is 0 Å². The fourth-order valence-electron chi connectivity index (χ4n) is 3.87. The Labute approximate surface area is 191 Å². The Hall–Kier alpha value is -3.57. The molecule has 0 saturated carbocycles. The summed E-state index contributed by atoms with van der Waals surface area (Å²) >= 11 is 6.00. The van der Waals surface area contributed by atoms with Gasteiger partial charge in [0, 0.05) is 34.2 Å². The summed E-state index contributed by atoms with van der Waals surface area (Å²) in [5, 5.41) is 1.47. The van der Waals surface area contributed by atoms with Gasteiger partial charge in [-0.15, -0.1) is 0 Å². The van der Waals surface area contributed by atoms with Crippen LogP contribution in [0.25, 0.3) is 22.0 Å². The van der Waals surface area contributed by atoms with Gasteiger partial charge in [0.15, 0.2) is 0 Å². The highest BCUT2D eigenvalue weighted by molar-refractivity contribution is 6.30. The zero-order chi connectivity index (χ0) is 22.8. The van der Waals surface area contributed by atoms with Gasteiger partial charge in [-0.2, -0.15) is 0 Å². The lowest BCUT2D eigenvalue weighted by Crippen LogP contribution is -2.13. The predicted octanol–water partition coefficient (Wildman–Crippen LogP) is 6.03. The number of benzene rings is 3. The van der Waals surface area contributed by atoms with Crippen molar-refractivity contribution in [3.8, 4) is 16.9 Å². The van der Waals surface area contributed by atoms with Crippen molar-refractivity contribution < 1.29 is 19.1 Å². The van der Waals surface area contributed by atoms with E-state index < -0.39 is 0 Å². The van der Waals surface area contributed by atoms with Crippen molar-refractivity contribution >= 4 is 34.4 Å². The molecule has 0 unspecified atom stereocenters. The zero-order valence-electron chi connectivity index (χ0n) is 18.0. The number of carbonyl (C=O) groups excluding carboxylic acids is 2. The average Bonchev–Trinajstić information content (AvgIpc) is 3.08. The van der Waals surface area contributed by atoms with Crippen LogP contribution in [-0.2, 0) is 16.1 Å². The summed E-state index contributed by atoms with van der Waals surface area (Å²) in [6.45, 7) is 3.50. The molecule has 3 aromatic carbocycles. The van der Waals surface area contributed by atoms with Crippen LogP contribution in [0, 0.1) is 6.92 Å². The topological polar surface area (TPSA) is 57.5 Å². The van der Waals surface area contributed by atoms with E-state index >= 15 is 0 Å². The number of hydrogen-bond donors (Lipinski definition) is 0. The van der Waals surface area contributed by atoms with Crippen molar-refractivity contribution in [3.63, 3.8) is 0 Å². The molecule has 0 aliphatic heterocycles. The van der Waals surface area contributed by atoms with Crippen molar-refractivity contribution in [1.82, 2.24) is 4.57 Å². The smallest absolute Gasteiger partial charge is 0.302 e. The van der Waals surface area contributed by atoms with E-state index in [2.05, 4.69) is 0 Å². The lowest BCUT2D eigenvalue weighted by Gasteiger charge is -2.09. The quantitative estimate of drug-likeness (QED) is 0.350. The first-order valence-electron chi connectivity index (χ1n) is 10.1. The van der Waals surface area contributed by atoms with Crippen LogP contribution in [0.5, 0.6) is 5.75 Å². The first kappa shape index (κ1) is 21.7. The van der Waals surface area contributed by atoms with E-state index in [4.69, 9.17) is 21.1 Å². The highest BCUT2D eigenvalue weighted by Crippen LogP contribution is 2.37. The minimum Gasteiger partial charge on any atom is -0.497 e. The number of ether oxygens (including phenoxy) is 2. The Morgan fingerprint density at radius 3 is 2.44 bits per heavy atom. The standard InChI is InChI=1S/C26H22ClNO4/c1-16-25(20-6-4-5-18(13-20)15-32-17(2)29)23-14-22(31-3)11-12-24(23)28(16)26(30)19-7-9-21(27)10-8-19/h4-14H,15H2,1-3H3. The number of hydrogen-bond acceptors (Lipinski definition) is 4. The second-order valence-electron chi connectivity index (χ2n) is 7.47. The maximum Gasteiger partial charge on any atom is 0.302 e. The Kier molecular flexibility index (Phi) is 6.01. The van der Waals surface area contributed by atoms with E-state index in [1.54, 1.807) is 35.9 Å². The maximum absolute atomic E-state index is 13.5.